The normalized spacial score (nSPS) is 23.3. The first-order chi connectivity index (χ1) is 8.59. The largest absolute Gasteiger partial charge is 0.382 e. The topological polar surface area (TPSA) is 59.4 Å². The molecule has 1 aromatic rings. The second-order valence-electron chi connectivity index (χ2n) is 4.78. The van der Waals surface area contributed by atoms with E-state index in [-0.39, 0.29) is 5.91 Å². The van der Waals surface area contributed by atoms with Crippen molar-refractivity contribution >= 4 is 11.6 Å². The van der Waals surface area contributed by atoms with Crippen molar-refractivity contribution in [3.8, 4) is 0 Å². The number of ether oxygens (including phenoxy) is 1. The molecule has 0 aliphatic carbocycles. The lowest BCUT2D eigenvalue weighted by Crippen LogP contribution is -2.57. The number of methoxy groups -OCH3 is 1. The summed E-state index contributed by atoms with van der Waals surface area (Å²) in [4.78, 5) is 14.3. The molecule has 1 N–H and O–H groups in total. The number of hydrogen-bond acceptors (Lipinski definition) is 4. The Bertz CT molecular complexity index is 423. The van der Waals surface area contributed by atoms with Crippen molar-refractivity contribution < 1.29 is 9.53 Å². The van der Waals surface area contributed by atoms with Gasteiger partial charge in [-0.25, -0.2) is 0 Å². The van der Waals surface area contributed by atoms with Crippen LogP contribution in [0, 0.1) is 0 Å². The highest BCUT2D eigenvalue weighted by Crippen LogP contribution is 2.24. The molecule has 1 aliphatic rings. The highest BCUT2D eigenvalue weighted by atomic mass is 16.5. The van der Waals surface area contributed by atoms with Crippen molar-refractivity contribution in [1.29, 1.82) is 0 Å². The molecule has 2 heterocycles. The average Bonchev–Trinajstić information content (AvgIpc) is 2.98. The molecule has 6 heteroatoms. The van der Waals surface area contributed by atoms with Crippen molar-refractivity contribution in [3.63, 3.8) is 0 Å². The van der Waals surface area contributed by atoms with E-state index in [0.29, 0.717) is 6.61 Å². The number of nitrogens with zero attached hydrogens (tertiary/aromatic N) is 3. The van der Waals surface area contributed by atoms with E-state index < -0.39 is 5.54 Å². The summed E-state index contributed by atoms with van der Waals surface area (Å²) < 4.78 is 6.90. The van der Waals surface area contributed by atoms with Crippen molar-refractivity contribution in [2.24, 2.45) is 7.05 Å². The lowest BCUT2D eigenvalue weighted by molar-refractivity contribution is -0.126. The summed E-state index contributed by atoms with van der Waals surface area (Å²) in [5.74, 6) is 0.0369. The second kappa shape index (κ2) is 5.07. The fourth-order valence-corrected chi connectivity index (χ4v) is 2.44. The van der Waals surface area contributed by atoms with Crippen LogP contribution in [0.25, 0.3) is 0 Å². The molecule has 1 fully saturated rings. The van der Waals surface area contributed by atoms with Crippen LogP contribution in [0.1, 0.15) is 12.8 Å². The summed E-state index contributed by atoms with van der Waals surface area (Å²) in [6.07, 6.45) is 5.32. The van der Waals surface area contributed by atoms with Crippen LogP contribution in [0.4, 0.5) is 5.69 Å². The highest BCUT2D eigenvalue weighted by molar-refractivity contribution is 6.00. The van der Waals surface area contributed by atoms with E-state index in [9.17, 15) is 4.79 Å². The quantitative estimate of drug-likeness (QED) is 0.829. The zero-order valence-corrected chi connectivity index (χ0v) is 11.1. The molecule has 0 spiro atoms. The molecule has 1 saturated heterocycles. The van der Waals surface area contributed by atoms with Crippen LogP contribution in [0.2, 0.25) is 0 Å². The van der Waals surface area contributed by atoms with Crippen LogP contribution in [0.15, 0.2) is 12.4 Å². The first-order valence-electron chi connectivity index (χ1n) is 6.10. The maximum Gasteiger partial charge on any atom is 0.249 e. The summed E-state index contributed by atoms with van der Waals surface area (Å²) in [7, 11) is 5.23. The Hall–Kier alpha value is -1.40. The van der Waals surface area contributed by atoms with Crippen molar-refractivity contribution in [2.45, 2.75) is 18.4 Å². The number of rotatable bonds is 4. The molecule has 1 aliphatic heterocycles. The molecule has 18 heavy (non-hydrogen) atoms. The van der Waals surface area contributed by atoms with Gasteiger partial charge in [-0.2, -0.15) is 5.10 Å². The number of aromatic nitrogens is 2. The van der Waals surface area contributed by atoms with Gasteiger partial charge in [0.1, 0.15) is 5.54 Å². The zero-order chi connectivity index (χ0) is 13.2. The summed E-state index contributed by atoms with van der Waals surface area (Å²) in [6, 6.07) is 0. The maximum atomic E-state index is 12.6. The number of carbonyl (C=O) groups is 1. The minimum absolute atomic E-state index is 0.0369. The number of aryl methyl sites for hydroxylation is 1. The predicted molar refractivity (Wildman–Crippen MR) is 68.5 cm³/mol. The fourth-order valence-electron chi connectivity index (χ4n) is 2.44. The minimum Gasteiger partial charge on any atom is -0.382 e. The molecule has 2 rings (SSSR count). The molecule has 6 nitrogen and oxygen atoms in total. The lowest BCUT2D eigenvalue weighted by Gasteiger charge is -2.31. The van der Waals surface area contributed by atoms with Crippen LogP contribution in [-0.4, -0.2) is 48.5 Å². The summed E-state index contributed by atoms with van der Waals surface area (Å²) in [5, 5.41) is 7.37. The SMILES string of the molecule is COCC1(C(=O)N(C)c2cnn(C)c2)CCCN1. The average molecular weight is 252 g/mol. The van der Waals surface area contributed by atoms with E-state index in [2.05, 4.69) is 10.4 Å². The number of carbonyl (C=O) groups excluding carboxylic acids is 1. The molecule has 1 atom stereocenters. The monoisotopic (exact) mass is 252 g/mol. The molecule has 1 aromatic heterocycles. The van der Waals surface area contributed by atoms with E-state index in [0.717, 1.165) is 25.1 Å². The molecule has 0 radical (unpaired) electrons. The van der Waals surface area contributed by atoms with E-state index in [4.69, 9.17) is 4.74 Å². The van der Waals surface area contributed by atoms with Gasteiger partial charge in [-0.05, 0) is 19.4 Å². The van der Waals surface area contributed by atoms with Gasteiger partial charge in [-0.3, -0.25) is 9.48 Å². The molecule has 1 unspecified atom stereocenters. The summed E-state index contributed by atoms with van der Waals surface area (Å²) in [5.41, 5.74) is 0.214. The second-order valence-corrected chi connectivity index (χ2v) is 4.78. The van der Waals surface area contributed by atoms with Gasteiger partial charge < -0.3 is 15.0 Å². The Balaban J connectivity index is 2.18. The Morgan fingerprint density at radius 2 is 2.50 bits per heavy atom. The summed E-state index contributed by atoms with van der Waals surface area (Å²) in [6.45, 7) is 1.26. The van der Waals surface area contributed by atoms with Crippen LogP contribution in [0.3, 0.4) is 0 Å². The molecule has 0 saturated carbocycles. The third-order valence-electron chi connectivity index (χ3n) is 3.43. The van der Waals surface area contributed by atoms with Gasteiger partial charge >= 0.3 is 0 Å². The molecular weight excluding hydrogens is 232 g/mol. The van der Waals surface area contributed by atoms with Crippen molar-refractivity contribution in [2.75, 3.05) is 32.2 Å². The number of likely N-dealkylation sites (N-methyl/N-ethyl adjacent to an activating group) is 1. The highest BCUT2D eigenvalue weighted by Gasteiger charge is 2.43. The predicted octanol–water partition coefficient (Wildman–Crippen LogP) is 0.151. The van der Waals surface area contributed by atoms with Gasteiger partial charge in [0.25, 0.3) is 0 Å². The van der Waals surface area contributed by atoms with Crippen LogP contribution in [-0.2, 0) is 16.6 Å². The van der Waals surface area contributed by atoms with Crippen LogP contribution in [0.5, 0.6) is 0 Å². The van der Waals surface area contributed by atoms with E-state index in [1.54, 1.807) is 29.9 Å². The lowest BCUT2D eigenvalue weighted by atomic mass is 9.96. The van der Waals surface area contributed by atoms with Gasteiger partial charge in [0.05, 0.1) is 18.5 Å². The first kappa shape index (κ1) is 13.0. The number of hydrogen-bond donors (Lipinski definition) is 1. The number of anilines is 1. The van der Waals surface area contributed by atoms with Crippen LogP contribution < -0.4 is 10.2 Å². The zero-order valence-electron chi connectivity index (χ0n) is 11.1. The van der Waals surface area contributed by atoms with Gasteiger partial charge in [-0.15, -0.1) is 0 Å². The van der Waals surface area contributed by atoms with Gasteiger partial charge in [0.15, 0.2) is 0 Å². The van der Waals surface area contributed by atoms with Gasteiger partial charge in [0, 0.05) is 27.4 Å². The third kappa shape index (κ3) is 2.26. The minimum atomic E-state index is -0.584. The molecular formula is C12H20N4O2. The summed E-state index contributed by atoms with van der Waals surface area (Å²) >= 11 is 0. The molecule has 1 amide bonds. The molecule has 0 bridgehead atoms. The number of amides is 1. The Kier molecular flexibility index (Phi) is 3.68. The number of nitrogens with one attached hydrogen (secondary N) is 1. The Labute approximate surface area is 107 Å². The van der Waals surface area contributed by atoms with Gasteiger partial charge in [-0.1, -0.05) is 0 Å². The smallest absolute Gasteiger partial charge is 0.249 e. The van der Waals surface area contributed by atoms with E-state index >= 15 is 0 Å². The van der Waals surface area contributed by atoms with E-state index in [1.165, 1.54) is 0 Å². The fraction of sp³-hybridized carbons (Fsp3) is 0.667. The third-order valence-corrected chi connectivity index (χ3v) is 3.43. The van der Waals surface area contributed by atoms with E-state index in [1.807, 2.05) is 13.2 Å². The van der Waals surface area contributed by atoms with Crippen molar-refractivity contribution in [3.05, 3.63) is 12.4 Å². The Morgan fingerprint density at radius 1 is 1.72 bits per heavy atom. The maximum absolute atomic E-state index is 12.6. The Morgan fingerprint density at radius 3 is 3.00 bits per heavy atom. The standard InChI is InChI=1S/C12H20N4O2/c1-15-8-10(7-14-15)16(2)11(17)12(9-18-3)5-4-6-13-12/h7-8,13H,4-6,9H2,1-3H3. The van der Waals surface area contributed by atoms with Gasteiger partial charge in [0.2, 0.25) is 5.91 Å². The molecule has 100 valence electrons. The van der Waals surface area contributed by atoms with Crippen LogP contribution >= 0.6 is 0 Å². The first-order valence-corrected chi connectivity index (χ1v) is 6.10. The molecule has 0 aromatic carbocycles. The van der Waals surface area contributed by atoms with Crippen molar-refractivity contribution in [1.82, 2.24) is 15.1 Å².